The van der Waals surface area contributed by atoms with Crippen molar-refractivity contribution in [2.24, 2.45) is 0 Å². The molecule has 0 atom stereocenters. The molecule has 0 rings (SSSR count). The van der Waals surface area contributed by atoms with Gasteiger partial charge in [0.1, 0.15) is 3.41 Å². The summed E-state index contributed by atoms with van der Waals surface area (Å²) in [6.07, 6.45) is 7.03. The second-order valence-corrected chi connectivity index (χ2v) is 6.28. The third kappa shape index (κ3) is 3.96. The van der Waals surface area contributed by atoms with E-state index in [0.29, 0.717) is 6.42 Å². The van der Waals surface area contributed by atoms with E-state index in [-0.39, 0.29) is 9.83 Å². The van der Waals surface area contributed by atoms with Crippen LogP contribution in [0.15, 0.2) is 0 Å². The normalized spacial score (nSPS) is 11.6. The zero-order chi connectivity index (χ0) is 9.61. The van der Waals surface area contributed by atoms with Gasteiger partial charge in [0.05, 0.1) is 0 Å². The first-order valence-corrected chi connectivity index (χ1v) is 7.15. The second-order valence-electron chi connectivity index (χ2n) is 2.19. The summed E-state index contributed by atoms with van der Waals surface area (Å²) in [6, 6.07) is 0. The summed E-state index contributed by atoms with van der Waals surface area (Å²) in [5.74, 6) is -0.712. The van der Waals surface area contributed by atoms with Crippen molar-refractivity contribution in [3.8, 4) is 0 Å². The van der Waals surface area contributed by atoms with Gasteiger partial charge >= 0.3 is 5.97 Å². The van der Waals surface area contributed by atoms with E-state index < -0.39 is 5.97 Å². The highest BCUT2D eigenvalue weighted by atomic mass is 32.3. The SMILES string of the molecule is CSC(CCC(=O)O)(SC)SC. The van der Waals surface area contributed by atoms with Crippen LogP contribution in [-0.4, -0.2) is 33.3 Å². The number of thioether (sulfide) groups is 3. The molecule has 1 N–H and O–H groups in total. The Labute approximate surface area is 86.3 Å². The lowest BCUT2D eigenvalue weighted by atomic mass is 10.3. The van der Waals surface area contributed by atoms with Crippen molar-refractivity contribution in [3.05, 3.63) is 0 Å². The minimum atomic E-state index is -0.712. The van der Waals surface area contributed by atoms with Crippen LogP contribution in [-0.2, 0) is 4.79 Å². The average Bonchev–Trinajstić information content (AvgIpc) is 2.08. The summed E-state index contributed by atoms with van der Waals surface area (Å²) in [5.41, 5.74) is 0. The first-order chi connectivity index (χ1) is 5.60. The van der Waals surface area contributed by atoms with E-state index in [1.807, 2.05) is 18.8 Å². The van der Waals surface area contributed by atoms with Gasteiger partial charge in [-0.1, -0.05) is 0 Å². The van der Waals surface area contributed by atoms with Gasteiger partial charge in [0.2, 0.25) is 0 Å². The molecule has 0 aromatic carbocycles. The molecule has 0 saturated heterocycles. The molecule has 0 fully saturated rings. The zero-order valence-electron chi connectivity index (χ0n) is 7.49. The lowest BCUT2D eigenvalue weighted by molar-refractivity contribution is -0.137. The molecule has 0 unspecified atom stereocenters. The quantitative estimate of drug-likeness (QED) is 0.705. The van der Waals surface area contributed by atoms with Gasteiger partial charge in [0.25, 0.3) is 0 Å². The highest BCUT2D eigenvalue weighted by molar-refractivity contribution is 8.33. The molecule has 0 aliphatic rings. The molecule has 5 heteroatoms. The van der Waals surface area contributed by atoms with E-state index in [1.54, 1.807) is 35.3 Å². The second kappa shape index (κ2) is 6.05. The molecule has 72 valence electrons. The number of carboxylic acids is 1. The van der Waals surface area contributed by atoms with Gasteiger partial charge in [0, 0.05) is 6.42 Å². The highest BCUT2D eigenvalue weighted by Gasteiger charge is 2.27. The Morgan fingerprint density at radius 2 is 1.67 bits per heavy atom. The standard InChI is InChI=1S/C7H14O2S3/c1-10-7(11-2,12-3)5-4-6(8)9/h4-5H2,1-3H3,(H,8,9). The molecule has 0 spiro atoms. The lowest BCUT2D eigenvalue weighted by Gasteiger charge is -2.27. The van der Waals surface area contributed by atoms with Crippen LogP contribution in [0, 0.1) is 0 Å². The number of hydrogen-bond donors (Lipinski definition) is 1. The molecule has 0 aromatic heterocycles. The van der Waals surface area contributed by atoms with Crippen LogP contribution in [0.5, 0.6) is 0 Å². The predicted molar refractivity (Wildman–Crippen MR) is 60.1 cm³/mol. The van der Waals surface area contributed by atoms with Gasteiger partial charge in [-0.15, -0.1) is 35.3 Å². The maximum Gasteiger partial charge on any atom is 0.303 e. The summed E-state index contributed by atoms with van der Waals surface area (Å²) >= 11 is 5.17. The van der Waals surface area contributed by atoms with Gasteiger partial charge in [0.15, 0.2) is 0 Å². The molecule has 0 aromatic rings. The van der Waals surface area contributed by atoms with Crippen molar-refractivity contribution in [2.45, 2.75) is 16.3 Å². The molecule has 0 heterocycles. The van der Waals surface area contributed by atoms with E-state index in [0.717, 1.165) is 0 Å². The molecule has 12 heavy (non-hydrogen) atoms. The Kier molecular flexibility index (Phi) is 6.31. The molecular formula is C7H14O2S3. The van der Waals surface area contributed by atoms with Crippen LogP contribution in [0.4, 0.5) is 0 Å². The van der Waals surface area contributed by atoms with Crippen molar-refractivity contribution >= 4 is 41.3 Å². The van der Waals surface area contributed by atoms with E-state index in [2.05, 4.69) is 0 Å². The largest absolute Gasteiger partial charge is 0.481 e. The van der Waals surface area contributed by atoms with Crippen molar-refractivity contribution in [3.63, 3.8) is 0 Å². The highest BCUT2D eigenvalue weighted by Crippen LogP contribution is 2.46. The monoisotopic (exact) mass is 226 g/mol. The Morgan fingerprint density at radius 1 is 1.25 bits per heavy atom. The molecule has 0 amide bonds. The van der Waals surface area contributed by atoms with Crippen LogP contribution in [0.25, 0.3) is 0 Å². The molecule has 2 nitrogen and oxygen atoms in total. The smallest absolute Gasteiger partial charge is 0.303 e. The molecule has 0 radical (unpaired) electrons. The van der Waals surface area contributed by atoms with Crippen molar-refractivity contribution in [2.75, 3.05) is 18.8 Å². The predicted octanol–water partition coefficient (Wildman–Crippen LogP) is 2.59. The molecule has 0 aliphatic carbocycles. The minimum absolute atomic E-state index is 0.0262. The third-order valence-electron chi connectivity index (χ3n) is 1.58. The van der Waals surface area contributed by atoms with Crippen LogP contribution < -0.4 is 0 Å². The topological polar surface area (TPSA) is 37.3 Å². The summed E-state index contributed by atoms with van der Waals surface area (Å²) in [7, 11) is 0. The van der Waals surface area contributed by atoms with Crippen LogP contribution >= 0.6 is 35.3 Å². The number of carbonyl (C=O) groups is 1. The Hall–Kier alpha value is 0.520. The maximum atomic E-state index is 10.4. The van der Waals surface area contributed by atoms with Gasteiger partial charge in [-0.25, -0.2) is 0 Å². The first kappa shape index (κ1) is 12.5. The summed E-state index contributed by atoms with van der Waals surface area (Å²) in [5, 5.41) is 8.54. The minimum Gasteiger partial charge on any atom is -0.481 e. The lowest BCUT2D eigenvalue weighted by Crippen LogP contribution is -2.15. The van der Waals surface area contributed by atoms with Crippen molar-refractivity contribution in [1.82, 2.24) is 0 Å². The number of hydrogen-bond acceptors (Lipinski definition) is 4. The summed E-state index contributed by atoms with van der Waals surface area (Å²) < 4.78 is 0.0262. The number of aliphatic carboxylic acids is 1. The fourth-order valence-corrected chi connectivity index (χ4v) is 3.73. The number of rotatable bonds is 6. The molecule has 0 saturated carbocycles. The summed E-state index contributed by atoms with van der Waals surface area (Å²) in [4.78, 5) is 10.4. The number of carboxylic acid groups (broad SMARTS) is 1. The zero-order valence-corrected chi connectivity index (χ0v) is 9.94. The Bertz CT molecular complexity index is 137. The van der Waals surface area contributed by atoms with Crippen LogP contribution in [0.1, 0.15) is 12.8 Å². The fourth-order valence-electron chi connectivity index (χ4n) is 0.816. The van der Waals surface area contributed by atoms with Gasteiger partial charge < -0.3 is 5.11 Å². The molecular weight excluding hydrogens is 212 g/mol. The average molecular weight is 226 g/mol. The van der Waals surface area contributed by atoms with Gasteiger partial charge in [-0.3, -0.25) is 4.79 Å². The molecule has 0 bridgehead atoms. The van der Waals surface area contributed by atoms with E-state index in [1.165, 1.54) is 0 Å². The molecule has 0 aliphatic heterocycles. The Balaban J connectivity index is 4.01. The van der Waals surface area contributed by atoms with E-state index in [4.69, 9.17) is 5.11 Å². The fraction of sp³-hybridized carbons (Fsp3) is 0.857. The maximum absolute atomic E-state index is 10.4. The van der Waals surface area contributed by atoms with Crippen molar-refractivity contribution < 1.29 is 9.90 Å². The third-order valence-corrected chi connectivity index (χ3v) is 7.06. The van der Waals surface area contributed by atoms with Gasteiger partial charge in [-0.2, -0.15) is 0 Å². The van der Waals surface area contributed by atoms with Crippen molar-refractivity contribution in [1.29, 1.82) is 0 Å². The first-order valence-electron chi connectivity index (χ1n) is 3.47. The van der Waals surface area contributed by atoms with Crippen LogP contribution in [0.3, 0.4) is 0 Å². The Morgan fingerprint density at radius 3 is 1.92 bits per heavy atom. The van der Waals surface area contributed by atoms with E-state index >= 15 is 0 Å². The van der Waals surface area contributed by atoms with E-state index in [9.17, 15) is 4.79 Å². The van der Waals surface area contributed by atoms with Crippen LogP contribution in [0.2, 0.25) is 0 Å². The summed E-state index contributed by atoms with van der Waals surface area (Å²) in [6.45, 7) is 0. The van der Waals surface area contributed by atoms with Gasteiger partial charge in [-0.05, 0) is 25.2 Å².